The van der Waals surface area contributed by atoms with E-state index in [1.54, 1.807) is 24.3 Å². The summed E-state index contributed by atoms with van der Waals surface area (Å²) < 4.78 is 5.23. The Morgan fingerprint density at radius 1 is 1.20 bits per heavy atom. The van der Waals surface area contributed by atoms with Crippen molar-refractivity contribution in [3.05, 3.63) is 35.9 Å². The number of rotatable bonds is 5. The average molecular weight is 274 g/mol. The molecule has 2 rings (SSSR count). The van der Waals surface area contributed by atoms with Crippen LogP contribution >= 0.6 is 0 Å². The van der Waals surface area contributed by atoms with Gasteiger partial charge in [0, 0.05) is 5.56 Å². The highest BCUT2D eigenvalue weighted by atomic mass is 16.5. The van der Waals surface area contributed by atoms with Gasteiger partial charge in [-0.25, -0.2) is 0 Å². The van der Waals surface area contributed by atoms with E-state index in [1.807, 2.05) is 6.07 Å². The number of carbonyl (C=O) groups excluding carboxylic acids is 2. The summed E-state index contributed by atoms with van der Waals surface area (Å²) in [6, 6.07) is 8.95. The number of carbonyl (C=O) groups is 2. The van der Waals surface area contributed by atoms with Crippen LogP contribution in [0.1, 0.15) is 43.5 Å². The Bertz CT molecular complexity index is 464. The molecule has 108 valence electrons. The van der Waals surface area contributed by atoms with Gasteiger partial charge in [0.25, 0.3) is 0 Å². The first-order chi connectivity index (χ1) is 9.59. The normalized spacial score (nSPS) is 21.9. The summed E-state index contributed by atoms with van der Waals surface area (Å²) in [4.78, 5) is 24.0. The van der Waals surface area contributed by atoms with Gasteiger partial charge in [0.15, 0.2) is 12.4 Å². The van der Waals surface area contributed by atoms with Gasteiger partial charge in [0.05, 0.1) is 5.92 Å². The molecule has 2 atom stereocenters. The van der Waals surface area contributed by atoms with Crippen LogP contribution in [0.15, 0.2) is 30.3 Å². The standard InChI is InChI=1S/C17H22O3/c1-12(2)14-9-6-10-15(14)17(19)20-11-16(18)13-7-4-3-5-8-13/h3-5,7-8,12,14-15H,6,9-11H2,1-2H3. The lowest BCUT2D eigenvalue weighted by molar-refractivity contribution is -0.149. The van der Waals surface area contributed by atoms with Gasteiger partial charge in [-0.05, 0) is 24.7 Å². The first kappa shape index (κ1) is 14.8. The second kappa shape index (κ2) is 6.69. The summed E-state index contributed by atoms with van der Waals surface area (Å²) in [5, 5.41) is 0. The van der Waals surface area contributed by atoms with Crippen LogP contribution in [0, 0.1) is 17.8 Å². The van der Waals surface area contributed by atoms with Gasteiger partial charge in [0.2, 0.25) is 0 Å². The molecule has 20 heavy (non-hydrogen) atoms. The fraction of sp³-hybridized carbons (Fsp3) is 0.529. The second-order valence-corrected chi connectivity index (χ2v) is 5.84. The van der Waals surface area contributed by atoms with Gasteiger partial charge in [-0.3, -0.25) is 9.59 Å². The molecule has 3 nitrogen and oxygen atoms in total. The highest BCUT2D eigenvalue weighted by Gasteiger charge is 2.35. The smallest absolute Gasteiger partial charge is 0.309 e. The molecular formula is C17H22O3. The molecule has 0 amide bonds. The monoisotopic (exact) mass is 274 g/mol. The van der Waals surface area contributed by atoms with Crippen molar-refractivity contribution in [1.82, 2.24) is 0 Å². The molecule has 1 aromatic rings. The van der Waals surface area contributed by atoms with Crippen LogP contribution in [-0.4, -0.2) is 18.4 Å². The van der Waals surface area contributed by atoms with Gasteiger partial charge in [-0.2, -0.15) is 0 Å². The van der Waals surface area contributed by atoms with Crippen LogP contribution in [0.2, 0.25) is 0 Å². The van der Waals surface area contributed by atoms with E-state index in [-0.39, 0.29) is 24.3 Å². The minimum Gasteiger partial charge on any atom is -0.457 e. The van der Waals surface area contributed by atoms with Gasteiger partial charge in [0.1, 0.15) is 0 Å². The molecule has 1 aliphatic carbocycles. The number of hydrogen-bond donors (Lipinski definition) is 0. The first-order valence-electron chi connectivity index (χ1n) is 7.34. The first-order valence-corrected chi connectivity index (χ1v) is 7.34. The molecule has 0 N–H and O–H groups in total. The van der Waals surface area contributed by atoms with E-state index in [0.717, 1.165) is 19.3 Å². The maximum atomic E-state index is 12.1. The Labute approximate surface area is 120 Å². The average Bonchev–Trinajstić information content (AvgIpc) is 2.95. The summed E-state index contributed by atoms with van der Waals surface area (Å²) in [5.74, 6) is 0.510. The number of hydrogen-bond acceptors (Lipinski definition) is 3. The fourth-order valence-corrected chi connectivity index (χ4v) is 3.03. The van der Waals surface area contributed by atoms with Gasteiger partial charge in [-0.1, -0.05) is 50.6 Å². The largest absolute Gasteiger partial charge is 0.457 e. The number of Topliss-reactive ketones (excluding diaryl/α,β-unsaturated/α-hetero) is 1. The third-order valence-electron chi connectivity index (χ3n) is 4.17. The van der Waals surface area contributed by atoms with Crippen molar-refractivity contribution < 1.29 is 14.3 Å². The van der Waals surface area contributed by atoms with E-state index in [0.29, 0.717) is 17.4 Å². The molecule has 2 unspecified atom stereocenters. The minimum atomic E-state index is -0.203. The zero-order chi connectivity index (χ0) is 14.5. The molecule has 1 aliphatic rings. The zero-order valence-corrected chi connectivity index (χ0v) is 12.2. The van der Waals surface area contributed by atoms with Crippen molar-refractivity contribution in [2.24, 2.45) is 17.8 Å². The number of esters is 1. The molecular weight excluding hydrogens is 252 g/mol. The predicted octanol–water partition coefficient (Wildman–Crippen LogP) is 3.48. The SMILES string of the molecule is CC(C)C1CCCC1C(=O)OCC(=O)c1ccccc1. The lowest BCUT2D eigenvalue weighted by Crippen LogP contribution is -2.26. The molecule has 0 spiro atoms. The second-order valence-electron chi connectivity index (χ2n) is 5.84. The van der Waals surface area contributed by atoms with Crippen LogP contribution in [-0.2, 0) is 9.53 Å². The van der Waals surface area contributed by atoms with Crippen LogP contribution in [0.3, 0.4) is 0 Å². The molecule has 1 saturated carbocycles. The summed E-state index contributed by atoms with van der Waals surface area (Å²) >= 11 is 0. The highest BCUT2D eigenvalue weighted by molar-refractivity contribution is 5.97. The van der Waals surface area contributed by atoms with E-state index < -0.39 is 0 Å². The minimum absolute atomic E-state index is 0.0291. The van der Waals surface area contributed by atoms with Crippen molar-refractivity contribution in [3.8, 4) is 0 Å². The zero-order valence-electron chi connectivity index (χ0n) is 12.2. The van der Waals surface area contributed by atoms with Gasteiger partial charge >= 0.3 is 5.97 Å². The summed E-state index contributed by atoms with van der Waals surface area (Å²) in [5.41, 5.74) is 0.590. The molecule has 0 heterocycles. The molecule has 0 aliphatic heterocycles. The van der Waals surface area contributed by atoms with Crippen LogP contribution in [0.5, 0.6) is 0 Å². The Hall–Kier alpha value is -1.64. The van der Waals surface area contributed by atoms with Crippen LogP contribution in [0.4, 0.5) is 0 Å². The molecule has 0 radical (unpaired) electrons. The van der Waals surface area contributed by atoms with Crippen molar-refractivity contribution in [2.75, 3.05) is 6.61 Å². The maximum absolute atomic E-state index is 12.1. The van der Waals surface area contributed by atoms with Gasteiger partial charge < -0.3 is 4.74 Å². The Morgan fingerprint density at radius 2 is 1.90 bits per heavy atom. The molecule has 3 heteroatoms. The highest BCUT2D eigenvalue weighted by Crippen LogP contribution is 2.37. The molecule has 1 fully saturated rings. The van der Waals surface area contributed by atoms with Crippen molar-refractivity contribution >= 4 is 11.8 Å². The molecule has 1 aromatic carbocycles. The summed E-state index contributed by atoms with van der Waals surface area (Å²) in [6.07, 6.45) is 3.06. The molecule has 0 bridgehead atoms. The van der Waals surface area contributed by atoms with E-state index in [2.05, 4.69) is 13.8 Å². The summed E-state index contributed by atoms with van der Waals surface area (Å²) in [6.45, 7) is 4.14. The summed E-state index contributed by atoms with van der Waals surface area (Å²) in [7, 11) is 0. The maximum Gasteiger partial charge on any atom is 0.309 e. The molecule has 0 saturated heterocycles. The predicted molar refractivity (Wildman–Crippen MR) is 77.4 cm³/mol. The van der Waals surface area contributed by atoms with Crippen LogP contribution in [0.25, 0.3) is 0 Å². The van der Waals surface area contributed by atoms with Gasteiger partial charge in [-0.15, -0.1) is 0 Å². The van der Waals surface area contributed by atoms with Crippen molar-refractivity contribution in [1.29, 1.82) is 0 Å². The van der Waals surface area contributed by atoms with Crippen molar-refractivity contribution in [3.63, 3.8) is 0 Å². The van der Waals surface area contributed by atoms with Crippen LogP contribution < -0.4 is 0 Å². The van der Waals surface area contributed by atoms with E-state index in [9.17, 15) is 9.59 Å². The van der Waals surface area contributed by atoms with Crippen molar-refractivity contribution in [2.45, 2.75) is 33.1 Å². The third-order valence-corrected chi connectivity index (χ3v) is 4.17. The van der Waals surface area contributed by atoms with E-state index in [4.69, 9.17) is 4.74 Å². The number of ether oxygens (including phenoxy) is 1. The topological polar surface area (TPSA) is 43.4 Å². The van der Waals surface area contributed by atoms with E-state index >= 15 is 0 Å². The Kier molecular flexibility index (Phi) is 4.94. The fourth-order valence-electron chi connectivity index (χ4n) is 3.03. The Morgan fingerprint density at radius 3 is 2.55 bits per heavy atom. The number of benzene rings is 1. The number of ketones is 1. The molecule has 0 aromatic heterocycles. The van der Waals surface area contributed by atoms with E-state index in [1.165, 1.54) is 0 Å². The quantitative estimate of drug-likeness (QED) is 0.610. The lowest BCUT2D eigenvalue weighted by Gasteiger charge is -2.21. The lowest BCUT2D eigenvalue weighted by atomic mass is 9.86. The third kappa shape index (κ3) is 3.47. The Balaban J connectivity index is 1.88.